The average Bonchev–Trinajstić information content (AvgIpc) is 3.04. The van der Waals surface area contributed by atoms with Crippen LogP contribution in [0.5, 0.6) is 0 Å². The van der Waals surface area contributed by atoms with Crippen LogP contribution in [0.2, 0.25) is 0 Å². The van der Waals surface area contributed by atoms with Crippen molar-refractivity contribution in [2.45, 2.75) is 12.8 Å². The minimum atomic E-state index is -0.932. The molecule has 0 radical (unpaired) electrons. The number of anilines is 1. The number of rotatable bonds is 4. The summed E-state index contributed by atoms with van der Waals surface area (Å²) in [5.41, 5.74) is 1.78. The molecule has 1 aromatic heterocycles. The minimum absolute atomic E-state index is 0.282. The number of hydrogen-bond acceptors (Lipinski definition) is 4. The highest BCUT2D eigenvalue weighted by molar-refractivity contribution is 7.14. The maximum Gasteiger partial charge on any atom is 0.307 e. The molecule has 3 rings (SSSR count). The third kappa shape index (κ3) is 3.48. The second-order valence-corrected chi connectivity index (χ2v) is 6.25. The molecule has 0 saturated carbocycles. The van der Waals surface area contributed by atoms with Gasteiger partial charge in [0.15, 0.2) is 5.13 Å². The molecule has 2 atom stereocenters. The smallest absolute Gasteiger partial charge is 0.307 e. The van der Waals surface area contributed by atoms with Gasteiger partial charge in [-0.3, -0.25) is 9.59 Å². The zero-order valence-electron chi connectivity index (χ0n) is 12.3. The SMILES string of the molecule is O=C(O)[C@H]1CC=CC[C@H]1C(=O)Nc1nc(-c2ccccc2)cs1. The number of carboxylic acid groups (broad SMARTS) is 1. The van der Waals surface area contributed by atoms with Gasteiger partial charge in [0.25, 0.3) is 0 Å². The number of carbonyl (C=O) groups excluding carboxylic acids is 1. The van der Waals surface area contributed by atoms with E-state index in [-0.39, 0.29) is 5.91 Å². The fraction of sp³-hybridized carbons (Fsp3) is 0.235. The number of nitrogens with zero attached hydrogens (tertiary/aromatic N) is 1. The molecule has 118 valence electrons. The summed E-state index contributed by atoms with van der Waals surface area (Å²) in [6.07, 6.45) is 4.51. The largest absolute Gasteiger partial charge is 0.481 e. The quantitative estimate of drug-likeness (QED) is 0.843. The summed E-state index contributed by atoms with van der Waals surface area (Å²) in [7, 11) is 0. The third-order valence-electron chi connectivity index (χ3n) is 3.89. The lowest BCUT2D eigenvalue weighted by Crippen LogP contribution is -2.34. The van der Waals surface area contributed by atoms with Crippen molar-refractivity contribution in [3.05, 3.63) is 47.9 Å². The second kappa shape index (κ2) is 6.75. The van der Waals surface area contributed by atoms with Crippen molar-refractivity contribution in [3.63, 3.8) is 0 Å². The molecule has 1 aliphatic rings. The number of thiazole rings is 1. The number of hydrogen-bond donors (Lipinski definition) is 2. The van der Waals surface area contributed by atoms with Gasteiger partial charge in [-0.2, -0.15) is 0 Å². The molecule has 2 aromatic rings. The van der Waals surface area contributed by atoms with Gasteiger partial charge in [0.05, 0.1) is 17.5 Å². The molecule has 1 heterocycles. The van der Waals surface area contributed by atoms with Gasteiger partial charge in [0.2, 0.25) is 5.91 Å². The number of benzene rings is 1. The van der Waals surface area contributed by atoms with Crippen molar-refractivity contribution in [2.75, 3.05) is 5.32 Å². The first-order valence-corrected chi connectivity index (χ1v) is 8.22. The number of allylic oxidation sites excluding steroid dienone is 2. The number of nitrogens with one attached hydrogen (secondary N) is 1. The maximum absolute atomic E-state index is 12.4. The van der Waals surface area contributed by atoms with Crippen molar-refractivity contribution in [1.29, 1.82) is 0 Å². The molecule has 0 fully saturated rings. The Bertz CT molecular complexity index is 739. The Balaban J connectivity index is 1.72. The van der Waals surface area contributed by atoms with Crippen LogP contribution in [0.25, 0.3) is 11.3 Å². The molecule has 1 aliphatic carbocycles. The van der Waals surface area contributed by atoms with Gasteiger partial charge >= 0.3 is 5.97 Å². The van der Waals surface area contributed by atoms with Crippen molar-refractivity contribution in [3.8, 4) is 11.3 Å². The van der Waals surface area contributed by atoms with Crippen LogP contribution in [0.3, 0.4) is 0 Å². The molecule has 0 saturated heterocycles. The molecule has 1 amide bonds. The van der Waals surface area contributed by atoms with E-state index in [9.17, 15) is 14.7 Å². The Morgan fingerprint density at radius 3 is 2.52 bits per heavy atom. The highest BCUT2D eigenvalue weighted by Crippen LogP contribution is 2.29. The monoisotopic (exact) mass is 328 g/mol. The molecular weight excluding hydrogens is 312 g/mol. The topological polar surface area (TPSA) is 79.3 Å². The molecule has 0 unspecified atom stereocenters. The summed E-state index contributed by atoms with van der Waals surface area (Å²) in [5.74, 6) is -2.44. The van der Waals surface area contributed by atoms with E-state index in [0.717, 1.165) is 11.3 Å². The Morgan fingerprint density at radius 1 is 1.13 bits per heavy atom. The number of carbonyl (C=O) groups is 2. The van der Waals surface area contributed by atoms with E-state index in [2.05, 4.69) is 10.3 Å². The zero-order chi connectivity index (χ0) is 16.2. The van der Waals surface area contributed by atoms with Crippen molar-refractivity contribution in [2.24, 2.45) is 11.8 Å². The summed E-state index contributed by atoms with van der Waals surface area (Å²) >= 11 is 1.34. The van der Waals surface area contributed by atoms with Gasteiger partial charge in [-0.25, -0.2) is 4.98 Å². The van der Waals surface area contributed by atoms with Crippen LogP contribution in [-0.2, 0) is 9.59 Å². The normalized spacial score (nSPS) is 20.2. The van der Waals surface area contributed by atoms with Crippen LogP contribution in [0.15, 0.2) is 47.9 Å². The first-order valence-electron chi connectivity index (χ1n) is 7.35. The number of aliphatic carboxylic acids is 1. The lowest BCUT2D eigenvalue weighted by Gasteiger charge is -2.23. The lowest BCUT2D eigenvalue weighted by molar-refractivity contribution is -0.146. The molecule has 23 heavy (non-hydrogen) atoms. The first kappa shape index (κ1) is 15.4. The fourth-order valence-corrected chi connectivity index (χ4v) is 3.37. The number of amides is 1. The highest BCUT2D eigenvalue weighted by atomic mass is 32.1. The second-order valence-electron chi connectivity index (χ2n) is 5.39. The van der Waals surface area contributed by atoms with Crippen LogP contribution in [0, 0.1) is 11.8 Å². The molecule has 0 spiro atoms. The van der Waals surface area contributed by atoms with Crippen LogP contribution in [-0.4, -0.2) is 22.0 Å². The van der Waals surface area contributed by atoms with Crippen molar-refractivity contribution >= 4 is 28.3 Å². The van der Waals surface area contributed by atoms with E-state index in [4.69, 9.17) is 0 Å². The molecule has 2 N–H and O–H groups in total. The lowest BCUT2D eigenvalue weighted by atomic mass is 9.82. The van der Waals surface area contributed by atoms with E-state index >= 15 is 0 Å². The van der Waals surface area contributed by atoms with E-state index in [1.807, 2.05) is 47.9 Å². The van der Waals surface area contributed by atoms with E-state index in [1.165, 1.54) is 11.3 Å². The van der Waals surface area contributed by atoms with Gasteiger partial charge in [-0.05, 0) is 12.8 Å². The Labute approximate surface area is 137 Å². The van der Waals surface area contributed by atoms with Gasteiger partial charge in [0.1, 0.15) is 0 Å². The minimum Gasteiger partial charge on any atom is -0.481 e. The van der Waals surface area contributed by atoms with Gasteiger partial charge < -0.3 is 10.4 Å². The van der Waals surface area contributed by atoms with Gasteiger partial charge in [-0.15, -0.1) is 11.3 Å². The van der Waals surface area contributed by atoms with Gasteiger partial charge in [-0.1, -0.05) is 42.5 Å². The Morgan fingerprint density at radius 2 is 1.83 bits per heavy atom. The molecule has 6 heteroatoms. The van der Waals surface area contributed by atoms with Crippen molar-refractivity contribution < 1.29 is 14.7 Å². The van der Waals surface area contributed by atoms with Crippen LogP contribution >= 0.6 is 11.3 Å². The van der Waals surface area contributed by atoms with E-state index < -0.39 is 17.8 Å². The van der Waals surface area contributed by atoms with Gasteiger partial charge in [0, 0.05) is 10.9 Å². The molecule has 1 aromatic carbocycles. The molecule has 5 nitrogen and oxygen atoms in total. The fourth-order valence-electron chi connectivity index (χ4n) is 2.65. The number of carboxylic acids is 1. The molecule has 0 bridgehead atoms. The third-order valence-corrected chi connectivity index (χ3v) is 4.65. The number of aromatic nitrogens is 1. The standard InChI is InChI=1S/C17H16N2O3S/c20-15(12-8-4-5-9-13(12)16(21)22)19-17-18-14(10-23-17)11-6-2-1-3-7-11/h1-7,10,12-13H,8-9H2,(H,21,22)(H,18,19,20)/t12-,13+/m1/s1. The van der Waals surface area contributed by atoms with Crippen LogP contribution in [0.1, 0.15) is 12.8 Å². The highest BCUT2D eigenvalue weighted by Gasteiger charge is 2.34. The predicted octanol–water partition coefficient (Wildman–Crippen LogP) is 3.42. The maximum atomic E-state index is 12.4. The summed E-state index contributed by atoms with van der Waals surface area (Å²) in [6.45, 7) is 0. The van der Waals surface area contributed by atoms with E-state index in [0.29, 0.717) is 18.0 Å². The van der Waals surface area contributed by atoms with Crippen LogP contribution < -0.4 is 5.32 Å². The zero-order valence-corrected chi connectivity index (χ0v) is 13.1. The summed E-state index contributed by atoms with van der Waals surface area (Å²) in [4.78, 5) is 28.1. The first-order chi connectivity index (χ1) is 11.1. The van der Waals surface area contributed by atoms with Crippen LogP contribution in [0.4, 0.5) is 5.13 Å². The average molecular weight is 328 g/mol. The summed E-state index contributed by atoms with van der Waals surface area (Å²) < 4.78 is 0. The molecule has 0 aliphatic heterocycles. The van der Waals surface area contributed by atoms with Crippen molar-refractivity contribution in [1.82, 2.24) is 4.98 Å². The Hall–Kier alpha value is -2.47. The summed E-state index contributed by atoms with van der Waals surface area (Å²) in [5, 5.41) is 14.4. The Kier molecular flexibility index (Phi) is 4.52. The molecular formula is C17H16N2O3S. The van der Waals surface area contributed by atoms with E-state index in [1.54, 1.807) is 0 Å². The summed E-state index contributed by atoms with van der Waals surface area (Å²) in [6, 6.07) is 9.69. The predicted molar refractivity (Wildman–Crippen MR) is 89.2 cm³/mol.